The third-order valence-corrected chi connectivity index (χ3v) is 2.77. The summed E-state index contributed by atoms with van der Waals surface area (Å²) in [5, 5.41) is 0. The zero-order valence-corrected chi connectivity index (χ0v) is 6.91. The Hall–Kier alpha value is 0.310. The summed E-state index contributed by atoms with van der Waals surface area (Å²) in [4.78, 5) is 0. The maximum atomic E-state index is 5.31. The van der Waals surface area contributed by atoms with Gasteiger partial charge in [0.25, 0.3) is 0 Å². The van der Waals surface area contributed by atoms with Crippen LogP contribution in [0.15, 0.2) is 0 Å². The molecular formula is C7H14OS. The minimum Gasteiger partial charge on any atom is -0.371 e. The minimum atomic E-state index is 0.790. The Morgan fingerprint density at radius 1 is 1.56 bits per heavy atom. The van der Waals surface area contributed by atoms with E-state index in [0.29, 0.717) is 0 Å². The summed E-state index contributed by atoms with van der Waals surface area (Å²) >= 11 is 1.91. The number of ether oxygens (including phenoxy) is 1. The van der Waals surface area contributed by atoms with E-state index in [1.54, 1.807) is 0 Å². The highest BCUT2D eigenvalue weighted by Gasteiger charge is 2.16. The normalized spacial score (nSPS) is 29.0. The molecule has 1 heterocycles. The van der Waals surface area contributed by atoms with Crippen LogP contribution < -0.4 is 0 Å². The Balaban J connectivity index is 2.23. The third kappa shape index (κ3) is 2.18. The highest BCUT2D eigenvalue weighted by atomic mass is 32.2. The fourth-order valence-corrected chi connectivity index (χ4v) is 1.99. The molecule has 1 atom stereocenters. The van der Waals surface area contributed by atoms with Gasteiger partial charge in [0, 0.05) is 5.75 Å². The van der Waals surface area contributed by atoms with Crippen molar-refractivity contribution in [3.63, 3.8) is 0 Å². The van der Waals surface area contributed by atoms with Crippen LogP contribution in [0.3, 0.4) is 0 Å². The second-order valence-corrected chi connectivity index (χ2v) is 3.84. The van der Waals surface area contributed by atoms with E-state index in [4.69, 9.17) is 4.74 Å². The zero-order chi connectivity index (χ0) is 6.69. The van der Waals surface area contributed by atoms with Gasteiger partial charge in [-0.2, -0.15) is 0 Å². The standard InChI is InChI=1S/C7H14OS/c1-6(2)7-3-8-5-9-4-7/h6-7H,3-5H2,1-2H3/t7-/m0/s1. The van der Waals surface area contributed by atoms with Crippen LogP contribution in [-0.2, 0) is 4.74 Å². The lowest BCUT2D eigenvalue weighted by molar-refractivity contribution is 0.118. The van der Waals surface area contributed by atoms with Crippen molar-refractivity contribution in [2.45, 2.75) is 13.8 Å². The van der Waals surface area contributed by atoms with Gasteiger partial charge in [0.15, 0.2) is 0 Å². The molecule has 0 unspecified atom stereocenters. The molecule has 0 spiro atoms. The monoisotopic (exact) mass is 146 g/mol. The van der Waals surface area contributed by atoms with Gasteiger partial charge in [0.05, 0.1) is 12.5 Å². The largest absolute Gasteiger partial charge is 0.371 e. The molecule has 0 aromatic heterocycles. The van der Waals surface area contributed by atoms with E-state index in [1.807, 2.05) is 11.8 Å². The van der Waals surface area contributed by atoms with Crippen molar-refractivity contribution in [1.29, 1.82) is 0 Å². The summed E-state index contributed by atoms with van der Waals surface area (Å²) in [6.07, 6.45) is 0. The first-order chi connectivity index (χ1) is 4.30. The predicted octanol–water partition coefficient (Wildman–Crippen LogP) is 1.98. The molecule has 1 nitrogen and oxygen atoms in total. The van der Waals surface area contributed by atoms with Gasteiger partial charge in [0.2, 0.25) is 0 Å². The topological polar surface area (TPSA) is 9.23 Å². The molecule has 0 amide bonds. The lowest BCUT2D eigenvalue weighted by Gasteiger charge is -2.24. The molecule has 1 fully saturated rings. The van der Waals surface area contributed by atoms with E-state index in [1.165, 1.54) is 5.75 Å². The molecule has 0 radical (unpaired) electrons. The molecule has 0 aromatic carbocycles. The van der Waals surface area contributed by atoms with E-state index < -0.39 is 0 Å². The van der Waals surface area contributed by atoms with Gasteiger partial charge in [0.1, 0.15) is 0 Å². The van der Waals surface area contributed by atoms with Crippen LogP contribution in [0.5, 0.6) is 0 Å². The molecule has 9 heavy (non-hydrogen) atoms. The van der Waals surface area contributed by atoms with E-state index in [0.717, 1.165) is 24.4 Å². The zero-order valence-electron chi connectivity index (χ0n) is 6.09. The van der Waals surface area contributed by atoms with Crippen molar-refractivity contribution in [2.24, 2.45) is 11.8 Å². The summed E-state index contributed by atoms with van der Waals surface area (Å²) in [6, 6.07) is 0. The molecule has 0 saturated carbocycles. The van der Waals surface area contributed by atoms with Gasteiger partial charge in [-0.1, -0.05) is 13.8 Å². The van der Waals surface area contributed by atoms with Gasteiger partial charge in [-0.3, -0.25) is 0 Å². The van der Waals surface area contributed by atoms with Gasteiger partial charge in [-0.15, -0.1) is 11.8 Å². The summed E-state index contributed by atoms with van der Waals surface area (Å²) in [5.74, 6) is 3.78. The van der Waals surface area contributed by atoms with Crippen molar-refractivity contribution in [3.8, 4) is 0 Å². The van der Waals surface area contributed by atoms with Crippen LogP contribution >= 0.6 is 11.8 Å². The number of hydrogen-bond donors (Lipinski definition) is 0. The molecule has 1 saturated heterocycles. The maximum Gasteiger partial charge on any atom is 0.0921 e. The van der Waals surface area contributed by atoms with Crippen LogP contribution in [0, 0.1) is 11.8 Å². The van der Waals surface area contributed by atoms with Gasteiger partial charge < -0.3 is 4.74 Å². The molecule has 2 heteroatoms. The second kappa shape index (κ2) is 3.47. The fraction of sp³-hybridized carbons (Fsp3) is 1.00. The number of rotatable bonds is 1. The first-order valence-corrected chi connectivity index (χ1v) is 4.61. The maximum absolute atomic E-state index is 5.31. The van der Waals surface area contributed by atoms with Crippen molar-refractivity contribution >= 4 is 11.8 Å². The smallest absolute Gasteiger partial charge is 0.0921 e. The first-order valence-electron chi connectivity index (χ1n) is 3.46. The summed E-state index contributed by atoms with van der Waals surface area (Å²) in [5.41, 5.74) is 0. The summed E-state index contributed by atoms with van der Waals surface area (Å²) in [7, 11) is 0. The van der Waals surface area contributed by atoms with Gasteiger partial charge in [-0.05, 0) is 11.8 Å². The fourth-order valence-electron chi connectivity index (χ4n) is 0.891. The van der Waals surface area contributed by atoms with Crippen molar-refractivity contribution < 1.29 is 4.74 Å². The molecule has 1 rings (SSSR count). The van der Waals surface area contributed by atoms with Gasteiger partial charge >= 0.3 is 0 Å². The lowest BCUT2D eigenvalue weighted by atomic mass is 9.99. The quantitative estimate of drug-likeness (QED) is 0.559. The molecule has 0 aliphatic carbocycles. The van der Waals surface area contributed by atoms with Crippen molar-refractivity contribution in [3.05, 3.63) is 0 Å². The Morgan fingerprint density at radius 2 is 2.33 bits per heavy atom. The molecule has 54 valence electrons. The molecule has 1 aliphatic heterocycles. The van der Waals surface area contributed by atoms with E-state index in [9.17, 15) is 0 Å². The van der Waals surface area contributed by atoms with Crippen LogP contribution in [0.1, 0.15) is 13.8 Å². The predicted molar refractivity (Wildman–Crippen MR) is 41.6 cm³/mol. The highest BCUT2D eigenvalue weighted by molar-refractivity contribution is 7.99. The average molecular weight is 146 g/mol. The summed E-state index contributed by atoms with van der Waals surface area (Å²) in [6.45, 7) is 5.50. The second-order valence-electron chi connectivity index (χ2n) is 2.86. The number of hydrogen-bond acceptors (Lipinski definition) is 2. The van der Waals surface area contributed by atoms with Gasteiger partial charge in [-0.25, -0.2) is 0 Å². The Labute approximate surface area is 61.2 Å². The number of thioether (sulfide) groups is 1. The molecule has 0 aromatic rings. The van der Waals surface area contributed by atoms with E-state index in [-0.39, 0.29) is 0 Å². The molecular weight excluding hydrogens is 132 g/mol. The van der Waals surface area contributed by atoms with Crippen molar-refractivity contribution in [1.82, 2.24) is 0 Å². The van der Waals surface area contributed by atoms with Crippen LogP contribution in [0.2, 0.25) is 0 Å². The van der Waals surface area contributed by atoms with Crippen molar-refractivity contribution in [2.75, 3.05) is 18.3 Å². The van der Waals surface area contributed by atoms with Crippen LogP contribution in [0.25, 0.3) is 0 Å². The Bertz CT molecular complexity index is 77.0. The third-order valence-electron chi connectivity index (χ3n) is 1.77. The Kier molecular flexibility index (Phi) is 2.86. The first kappa shape index (κ1) is 7.42. The molecule has 0 bridgehead atoms. The molecule has 0 N–H and O–H groups in total. The average Bonchev–Trinajstić information content (AvgIpc) is 1.90. The summed E-state index contributed by atoms with van der Waals surface area (Å²) < 4.78 is 5.31. The van der Waals surface area contributed by atoms with E-state index >= 15 is 0 Å². The highest BCUT2D eigenvalue weighted by Crippen LogP contribution is 2.22. The Morgan fingerprint density at radius 3 is 2.67 bits per heavy atom. The SMILES string of the molecule is CC(C)[C@H]1COCSC1. The minimum absolute atomic E-state index is 0.790. The van der Waals surface area contributed by atoms with E-state index in [2.05, 4.69) is 13.8 Å². The lowest BCUT2D eigenvalue weighted by Crippen LogP contribution is -2.22. The van der Waals surface area contributed by atoms with Crippen LogP contribution in [-0.4, -0.2) is 18.3 Å². The molecule has 1 aliphatic rings. The van der Waals surface area contributed by atoms with Crippen LogP contribution in [0.4, 0.5) is 0 Å².